The third-order valence-corrected chi connectivity index (χ3v) is 4.85. The summed E-state index contributed by atoms with van der Waals surface area (Å²) >= 11 is 0. The quantitative estimate of drug-likeness (QED) is 0.874. The zero-order valence-electron chi connectivity index (χ0n) is 14.5. The Bertz CT molecular complexity index is 700. The standard InChI is InChI=1S/C17H24N6O2/c1-22-14(2-6-20-22)16-13(4-9-25-16)12-19-15-3-5-18-17(21-15)23-7-10-24-11-8-23/h2-3,5-6,13,16H,4,7-12H2,1H3,(H,18,19,21)/t13-,16+/m0/s1. The number of hydrogen-bond acceptors (Lipinski definition) is 7. The maximum atomic E-state index is 5.94. The molecule has 134 valence electrons. The lowest BCUT2D eigenvalue weighted by atomic mass is 9.99. The van der Waals surface area contributed by atoms with E-state index in [0.29, 0.717) is 5.92 Å². The molecule has 25 heavy (non-hydrogen) atoms. The van der Waals surface area contributed by atoms with Gasteiger partial charge in [0.1, 0.15) is 11.9 Å². The summed E-state index contributed by atoms with van der Waals surface area (Å²) in [7, 11) is 1.96. The molecule has 0 aromatic carbocycles. The smallest absolute Gasteiger partial charge is 0.227 e. The number of aryl methyl sites for hydroxylation is 1. The van der Waals surface area contributed by atoms with Crippen LogP contribution in [0.25, 0.3) is 0 Å². The fourth-order valence-corrected chi connectivity index (χ4v) is 3.43. The van der Waals surface area contributed by atoms with Crippen LogP contribution in [0, 0.1) is 5.92 Å². The zero-order chi connectivity index (χ0) is 17.1. The molecule has 0 bridgehead atoms. The molecule has 2 aromatic heterocycles. The van der Waals surface area contributed by atoms with Crippen LogP contribution in [0.5, 0.6) is 0 Å². The summed E-state index contributed by atoms with van der Waals surface area (Å²) in [5.41, 5.74) is 1.13. The first-order valence-corrected chi connectivity index (χ1v) is 8.80. The molecule has 0 aliphatic carbocycles. The summed E-state index contributed by atoms with van der Waals surface area (Å²) in [5.74, 6) is 2.02. The first-order valence-electron chi connectivity index (χ1n) is 8.80. The van der Waals surface area contributed by atoms with Gasteiger partial charge in [0.05, 0.1) is 18.9 Å². The van der Waals surface area contributed by atoms with Gasteiger partial charge in [0.2, 0.25) is 5.95 Å². The number of anilines is 2. The molecule has 0 spiro atoms. The Morgan fingerprint density at radius 2 is 2.08 bits per heavy atom. The highest BCUT2D eigenvalue weighted by Crippen LogP contribution is 2.34. The van der Waals surface area contributed by atoms with Crippen molar-refractivity contribution in [2.45, 2.75) is 12.5 Å². The van der Waals surface area contributed by atoms with Gasteiger partial charge in [-0.05, 0) is 18.6 Å². The molecule has 8 nitrogen and oxygen atoms in total. The van der Waals surface area contributed by atoms with Gasteiger partial charge < -0.3 is 19.7 Å². The zero-order valence-corrected chi connectivity index (χ0v) is 14.5. The molecule has 0 unspecified atom stereocenters. The van der Waals surface area contributed by atoms with Gasteiger partial charge in [0.15, 0.2) is 0 Å². The number of hydrogen-bond donors (Lipinski definition) is 1. The summed E-state index contributed by atoms with van der Waals surface area (Å²) < 4.78 is 13.2. The number of rotatable bonds is 5. The van der Waals surface area contributed by atoms with E-state index in [9.17, 15) is 0 Å². The molecule has 4 heterocycles. The summed E-state index contributed by atoms with van der Waals surface area (Å²) in [4.78, 5) is 11.2. The van der Waals surface area contributed by atoms with Crippen LogP contribution < -0.4 is 10.2 Å². The van der Waals surface area contributed by atoms with E-state index in [1.165, 1.54) is 0 Å². The van der Waals surface area contributed by atoms with Crippen LogP contribution in [0.4, 0.5) is 11.8 Å². The van der Waals surface area contributed by atoms with Crippen molar-refractivity contribution in [3.05, 3.63) is 30.2 Å². The van der Waals surface area contributed by atoms with Crippen molar-refractivity contribution in [2.24, 2.45) is 13.0 Å². The summed E-state index contributed by atoms with van der Waals surface area (Å²) in [6, 6.07) is 3.95. The third-order valence-electron chi connectivity index (χ3n) is 4.85. The Kier molecular flexibility index (Phi) is 4.80. The first kappa shape index (κ1) is 16.3. The molecule has 2 atom stereocenters. The molecule has 2 aromatic rings. The fourth-order valence-electron chi connectivity index (χ4n) is 3.43. The van der Waals surface area contributed by atoms with Crippen molar-refractivity contribution in [3.8, 4) is 0 Å². The molecular formula is C17H24N6O2. The first-order chi connectivity index (χ1) is 12.3. The number of morpholine rings is 1. The number of aromatic nitrogens is 4. The maximum Gasteiger partial charge on any atom is 0.227 e. The van der Waals surface area contributed by atoms with E-state index in [4.69, 9.17) is 9.47 Å². The maximum absolute atomic E-state index is 5.94. The fraction of sp³-hybridized carbons (Fsp3) is 0.588. The summed E-state index contributed by atoms with van der Waals surface area (Å²) in [5, 5.41) is 7.72. The normalized spacial score (nSPS) is 23.8. The Morgan fingerprint density at radius 3 is 2.88 bits per heavy atom. The minimum atomic E-state index is 0.0838. The van der Waals surface area contributed by atoms with Gasteiger partial charge in [-0.1, -0.05) is 0 Å². The molecule has 2 aliphatic rings. The number of nitrogens with zero attached hydrogens (tertiary/aromatic N) is 5. The van der Waals surface area contributed by atoms with Crippen molar-refractivity contribution < 1.29 is 9.47 Å². The van der Waals surface area contributed by atoms with Crippen molar-refractivity contribution in [1.82, 2.24) is 19.7 Å². The lowest BCUT2D eigenvalue weighted by Gasteiger charge is -2.27. The van der Waals surface area contributed by atoms with Crippen LogP contribution in [0.15, 0.2) is 24.5 Å². The molecule has 2 aliphatic heterocycles. The predicted octanol–water partition coefficient (Wildman–Crippen LogP) is 1.24. The van der Waals surface area contributed by atoms with E-state index >= 15 is 0 Å². The topological polar surface area (TPSA) is 77.3 Å². The molecule has 4 rings (SSSR count). The molecule has 0 radical (unpaired) electrons. The van der Waals surface area contributed by atoms with Crippen LogP contribution in [0.1, 0.15) is 18.2 Å². The van der Waals surface area contributed by atoms with Gasteiger partial charge in [-0.25, -0.2) is 4.98 Å². The second-order valence-electron chi connectivity index (χ2n) is 6.44. The molecule has 2 fully saturated rings. The molecule has 0 amide bonds. The van der Waals surface area contributed by atoms with Gasteiger partial charge in [-0.3, -0.25) is 4.68 Å². The molecular weight excluding hydrogens is 320 g/mol. The monoisotopic (exact) mass is 344 g/mol. The summed E-state index contributed by atoms with van der Waals surface area (Å²) in [6.45, 7) is 4.73. The van der Waals surface area contributed by atoms with E-state index in [1.54, 1.807) is 0 Å². The van der Waals surface area contributed by atoms with Crippen LogP contribution in [-0.2, 0) is 16.5 Å². The molecule has 0 saturated carbocycles. The number of ether oxygens (including phenoxy) is 2. The van der Waals surface area contributed by atoms with Gasteiger partial charge in [-0.15, -0.1) is 0 Å². The number of nitrogens with one attached hydrogen (secondary N) is 1. The van der Waals surface area contributed by atoms with Gasteiger partial charge in [0, 0.05) is 51.6 Å². The molecule has 1 N–H and O–H groups in total. The van der Waals surface area contributed by atoms with E-state index in [0.717, 1.165) is 63.3 Å². The highest BCUT2D eigenvalue weighted by Gasteiger charge is 2.31. The average molecular weight is 344 g/mol. The Balaban J connectivity index is 1.40. The Hall–Kier alpha value is -2.19. The predicted molar refractivity (Wildman–Crippen MR) is 93.6 cm³/mol. The second-order valence-corrected chi connectivity index (χ2v) is 6.44. The Morgan fingerprint density at radius 1 is 1.20 bits per heavy atom. The largest absolute Gasteiger partial charge is 0.378 e. The molecule has 8 heteroatoms. The second kappa shape index (κ2) is 7.37. The van der Waals surface area contributed by atoms with Gasteiger partial charge in [-0.2, -0.15) is 10.1 Å². The van der Waals surface area contributed by atoms with Crippen LogP contribution in [-0.4, -0.2) is 59.2 Å². The van der Waals surface area contributed by atoms with Crippen LogP contribution >= 0.6 is 0 Å². The van der Waals surface area contributed by atoms with Crippen molar-refractivity contribution in [2.75, 3.05) is 49.7 Å². The van der Waals surface area contributed by atoms with Crippen molar-refractivity contribution in [3.63, 3.8) is 0 Å². The van der Waals surface area contributed by atoms with E-state index < -0.39 is 0 Å². The van der Waals surface area contributed by atoms with Gasteiger partial charge >= 0.3 is 0 Å². The Labute approximate surface area is 147 Å². The van der Waals surface area contributed by atoms with Crippen molar-refractivity contribution in [1.29, 1.82) is 0 Å². The van der Waals surface area contributed by atoms with E-state index in [1.807, 2.05) is 36.3 Å². The highest BCUT2D eigenvalue weighted by molar-refractivity contribution is 5.41. The minimum absolute atomic E-state index is 0.0838. The lowest BCUT2D eigenvalue weighted by Crippen LogP contribution is -2.37. The molecule has 2 saturated heterocycles. The van der Waals surface area contributed by atoms with E-state index in [2.05, 4.69) is 25.3 Å². The lowest BCUT2D eigenvalue weighted by molar-refractivity contribution is 0.0866. The van der Waals surface area contributed by atoms with Crippen molar-refractivity contribution >= 4 is 11.8 Å². The minimum Gasteiger partial charge on any atom is -0.378 e. The third kappa shape index (κ3) is 3.59. The van der Waals surface area contributed by atoms with Gasteiger partial charge in [0.25, 0.3) is 0 Å². The SMILES string of the molecule is Cn1nccc1[C@@H]1OCC[C@H]1CNc1ccnc(N2CCOCC2)n1. The van der Waals surface area contributed by atoms with Crippen LogP contribution in [0.3, 0.4) is 0 Å². The van der Waals surface area contributed by atoms with E-state index in [-0.39, 0.29) is 6.10 Å². The average Bonchev–Trinajstić information content (AvgIpc) is 3.29. The summed E-state index contributed by atoms with van der Waals surface area (Å²) in [6.07, 6.45) is 4.75. The highest BCUT2D eigenvalue weighted by atomic mass is 16.5. The van der Waals surface area contributed by atoms with Crippen LogP contribution in [0.2, 0.25) is 0 Å².